The molecule has 1 aliphatic rings. The fourth-order valence-electron chi connectivity index (χ4n) is 2.91. The maximum absolute atomic E-state index is 10.4. The van der Waals surface area contributed by atoms with E-state index in [1.54, 1.807) is 0 Å². The number of ether oxygens (including phenoxy) is 1. The molecule has 1 fully saturated rings. The van der Waals surface area contributed by atoms with Gasteiger partial charge in [-0.2, -0.15) is 0 Å². The van der Waals surface area contributed by atoms with Crippen LogP contribution in [0.2, 0.25) is 0 Å². The Morgan fingerprint density at radius 2 is 1.79 bits per heavy atom. The summed E-state index contributed by atoms with van der Waals surface area (Å²) in [6.45, 7) is 0.401. The first-order valence-corrected chi connectivity index (χ1v) is 7.12. The SMILES string of the molecule is OC(COC1CCCC1)c1cccc2ccccc12. The second-order valence-corrected chi connectivity index (χ2v) is 5.32. The normalized spacial score (nSPS) is 17.9. The Labute approximate surface area is 114 Å². The zero-order chi connectivity index (χ0) is 13.1. The van der Waals surface area contributed by atoms with Gasteiger partial charge in [-0.05, 0) is 29.2 Å². The molecular formula is C17H20O2. The Hall–Kier alpha value is -1.38. The van der Waals surface area contributed by atoms with Gasteiger partial charge in [-0.15, -0.1) is 0 Å². The number of benzene rings is 2. The Balaban J connectivity index is 1.75. The van der Waals surface area contributed by atoms with Gasteiger partial charge >= 0.3 is 0 Å². The van der Waals surface area contributed by atoms with Crippen LogP contribution >= 0.6 is 0 Å². The molecule has 3 rings (SSSR count). The predicted octanol–water partition coefficient (Wildman–Crippen LogP) is 3.83. The second-order valence-electron chi connectivity index (χ2n) is 5.32. The molecule has 2 aromatic rings. The molecule has 2 heteroatoms. The van der Waals surface area contributed by atoms with Crippen molar-refractivity contribution in [2.45, 2.75) is 37.9 Å². The van der Waals surface area contributed by atoms with Crippen molar-refractivity contribution in [1.82, 2.24) is 0 Å². The number of fused-ring (bicyclic) bond motifs is 1. The van der Waals surface area contributed by atoms with Gasteiger partial charge in [-0.3, -0.25) is 0 Å². The van der Waals surface area contributed by atoms with Crippen LogP contribution in [-0.2, 0) is 4.74 Å². The number of rotatable bonds is 4. The Morgan fingerprint density at radius 3 is 2.63 bits per heavy atom. The van der Waals surface area contributed by atoms with E-state index in [1.807, 2.05) is 24.3 Å². The maximum Gasteiger partial charge on any atom is 0.103 e. The third kappa shape index (κ3) is 2.80. The lowest BCUT2D eigenvalue weighted by molar-refractivity contribution is -0.00647. The highest BCUT2D eigenvalue weighted by Crippen LogP contribution is 2.26. The minimum atomic E-state index is -0.535. The molecule has 0 bridgehead atoms. The summed E-state index contributed by atoms with van der Waals surface area (Å²) in [5.74, 6) is 0. The van der Waals surface area contributed by atoms with E-state index < -0.39 is 6.10 Å². The quantitative estimate of drug-likeness (QED) is 0.900. The van der Waals surface area contributed by atoms with Crippen molar-refractivity contribution in [3.63, 3.8) is 0 Å². The van der Waals surface area contributed by atoms with Crippen molar-refractivity contribution in [2.24, 2.45) is 0 Å². The monoisotopic (exact) mass is 256 g/mol. The molecule has 1 atom stereocenters. The summed E-state index contributed by atoms with van der Waals surface area (Å²) in [7, 11) is 0. The van der Waals surface area contributed by atoms with Crippen molar-refractivity contribution in [3.8, 4) is 0 Å². The third-order valence-electron chi connectivity index (χ3n) is 3.97. The van der Waals surface area contributed by atoms with Crippen LogP contribution in [0.5, 0.6) is 0 Å². The van der Waals surface area contributed by atoms with Crippen LogP contribution in [0.4, 0.5) is 0 Å². The number of hydrogen-bond acceptors (Lipinski definition) is 2. The zero-order valence-electron chi connectivity index (χ0n) is 11.1. The van der Waals surface area contributed by atoms with Gasteiger partial charge in [0.25, 0.3) is 0 Å². The first kappa shape index (κ1) is 12.6. The topological polar surface area (TPSA) is 29.5 Å². The molecule has 0 heterocycles. The highest BCUT2D eigenvalue weighted by atomic mass is 16.5. The van der Waals surface area contributed by atoms with Crippen molar-refractivity contribution in [1.29, 1.82) is 0 Å². The van der Waals surface area contributed by atoms with E-state index in [1.165, 1.54) is 18.2 Å². The molecule has 1 N–H and O–H groups in total. The van der Waals surface area contributed by atoms with Gasteiger partial charge in [0, 0.05) is 0 Å². The van der Waals surface area contributed by atoms with Crippen LogP contribution in [0, 0.1) is 0 Å². The lowest BCUT2D eigenvalue weighted by Gasteiger charge is -2.17. The third-order valence-corrected chi connectivity index (χ3v) is 3.97. The van der Waals surface area contributed by atoms with Gasteiger partial charge in [0.05, 0.1) is 12.7 Å². The van der Waals surface area contributed by atoms with E-state index in [-0.39, 0.29) is 0 Å². The molecule has 1 saturated carbocycles. The average molecular weight is 256 g/mol. The lowest BCUT2D eigenvalue weighted by Crippen LogP contribution is -2.14. The van der Waals surface area contributed by atoms with Crippen molar-refractivity contribution in [3.05, 3.63) is 48.0 Å². The number of aliphatic hydroxyl groups is 1. The van der Waals surface area contributed by atoms with E-state index in [4.69, 9.17) is 4.74 Å². The van der Waals surface area contributed by atoms with Crippen LogP contribution < -0.4 is 0 Å². The summed E-state index contributed by atoms with van der Waals surface area (Å²) in [6.07, 6.45) is 4.62. The minimum absolute atomic E-state index is 0.352. The van der Waals surface area contributed by atoms with Crippen molar-refractivity contribution < 1.29 is 9.84 Å². The second kappa shape index (κ2) is 5.72. The van der Waals surface area contributed by atoms with Crippen molar-refractivity contribution in [2.75, 3.05) is 6.61 Å². The van der Waals surface area contributed by atoms with Crippen LogP contribution in [0.15, 0.2) is 42.5 Å². The average Bonchev–Trinajstić information content (AvgIpc) is 2.97. The molecule has 100 valence electrons. The van der Waals surface area contributed by atoms with Crippen LogP contribution in [0.3, 0.4) is 0 Å². The summed E-state index contributed by atoms with van der Waals surface area (Å²) in [4.78, 5) is 0. The molecule has 0 radical (unpaired) electrons. The predicted molar refractivity (Wildman–Crippen MR) is 77.1 cm³/mol. The van der Waals surface area contributed by atoms with Gasteiger partial charge in [-0.1, -0.05) is 55.3 Å². The van der Waals surface area contributed by atoms with E-state index in [0.717, 1.165) is 23.8 Å². The van der Waals surface area contributed by atoms with E-state index in [0.29, 0.717) is 12.7 Å². The van der Waals surface area contributed by atoms with Crippen LogP contribution in [0.25, 0.3) is 10.8 Å². The molecular weight excluding hydrogens is 236 g/mol. The lowest BCUT2D eigenvalue weighted by atomic mass is 10.0. The Bertz CT molecular complexity index is 538. The van der Waals surface area contributed by atoms with E-state index in [2.05, 4.69) is 18.2 Å². The standard InChI is InChI=1S/C17H20O2/c18-17(12-19-14-8-2-3-9-14)16-11-5-7-13-6-1-4-10-15(13)16/h1,4-7,10-11,14,17-18H,2-3,8-9,12H2. The van der Waals surface area contributed by atoms with Crippen LogP contribution in [-0.4, -0.2) is 17.8 Å². The molecule has 0 aliphatic heterocycles. The first-order chi connectivity index (χ1) is 9.34. The molecule has 2 nitrogen and oxygen atoms in total. The molecule has 1 aliphatic carbocycles. The molecule has 1 unspecified atom stereocenters. The highest BCUT2D eigenvalue weighted by molar-refractivity contribution is 5.85. The summed E-state index contributed by atoms with van der Waals surface area (Å²) >= 11 is 0. The highest BCUT2D eigenvalue weighted by Gasteiger charge is 2.18. The van der Waals surface area contributed by atoms with E-state index >= 15 is 0 Å². The van der Waals surface area contributed by atoms with Crippen LogP contribution in [0.1, 0.15) is 37.4 Å². The van der Waals surface area contributed by atoms with E-state index in [9.17, 15) is 5.11 Å². The smallest absolute Gasteiger partial charge is 0.103 e. The fourth-order valence-corrected chi connectivity index (χ4v) is 2.91. The molecule has 0 saturated heterocycles. The van der Waals surface area contributed by atoms with Gasteiger partial charge in [0.2, 0.25) is 0 Å². The van der Waals surface area contributed by atoms with Gasteiger partial charge < -0.3 is 9.84 Å². The summed E-state index contributed by atoms with van der Waals surface area (Å²) in [6, 6.07) is 14.2. The summed E-state index contributed by atoms with van der Waals surface area (Å²) < 4.78 is 5.82. The minimum Gasteiger partial charge on any atom is -0.386 e. The largest absolute Gasteiger partial charge is 0.386 e. The molecule has 0 aromatic heterocycles. The summed E-state index contributed by atoms with van der Waals surface area (Å²) in [5.41, 5.74) is 0.969. The number of hydrogen-bond donors (Lipinski definition) is 1. The van der Waals surface area contributed by atoms with Crippen molar-refractivity contribution >= 4 is 10.8 Å². The first-order valence-electron chi connectivity index (χ1n) is 7.12. The fraction of sp³-hybridized carbons (Fsp3) is 0.412. The maximum atomic E-state index is 10.4. The molecule has 19 heavy (non-hydrogen) atoms. The van der Waals surface area contributed by atoms with Gasteiger partial charge in [0.15, 0.2) is 0 Å². The Morgan fingerprint density at radius 1 is 1.05 bits per heavy atom. The molecule has 2 aromatic carbocycles. The number of aliphatic hydroxyl groups excluding tert-OH is 1. The van der Waals surface area contributed by atoms with Gasteiger partial charge in [-0.25, -0.2) is 0 Å². The molecule has 0 amide bonds. The molecule has 0 spiro atoms. The summed E-state index contributed by atoms with van der Waals surface area (Å²) in [5, 5.41) is 12.6. The van der Waals surface area contributed by atoms with Gasteiger partial charge in [0.1, 0.15) is 6.10 Å². The Kier molecular flexibility index (Phi) is 3.81. The zero-order valence-corrected chi connectivity index (χ0v) is 11.1.